The van der Waals surface area contributed by atoms with Gasteiger partial charge in [-0.1, -0.05) is 0 Å². The van der Waals surface area contributed by atoms with E-state index in [0.717, 1.165) is 6.42 Å². The second kappa shape index (κ2) is 5.38. The largest absolute Gasteiger partial charge is 1.00 e. The third-order valence-electron chi connectivity index (χ3n) is 4.93. The number of hydrogen-bond donors (Lipinski definition) is 0. The zero-order valence-corrected chi connectivity index (χ0v) is 15.0. The van der Waals surface area contributed by atoms with E-state index in [9.17, 15) is 19.8 Å². The van der Waals surface area contributed by atoms with E-state index in [0.29, 0.717) is 25.7 Å². The Morgan fingerprint density at radius 1 is 0.833 bits per heavy atom. The fourth-order valence-corrected chi connectivity index (χ4v) is 4.74. The number of hydrogen-bond acceptors (Lipinski definition) is 4. The van der Waals surface area contributed by atoms with E-state index in [-0.39, 0.29) is 77.4 Å². The Bertz CT molecular complexity index is 336. The van der Waals surface area contributed by atoms with Crippen LogP contribution in [0.15, 0.2) is 0 Å². The van der Waals surface area contributed by atoms with E-state index in [1.165, 1.54) is 0 Å². The van der Waals surface area contributed by atoms with E-state index in [1.54, 1.807) is 0 Å². The van der Waals surface area contributed by atoms with Crippen molar-refractivity contribution < 1.29 is 78.9 Å². The van der Waals surface area contributed by atoms with Crippen LogP contribution >= 0.6 is 0 Å². The van der Waals surface area contributed by atoms with Crippen LogP contribution in [0.2, 0.25) is 0 Å². The van der Waals surface area contributed by atoms with Crippen molar-refractivity contribution in [3.05, 3.63) is 0 Å². The van der Waals surface area contributed by atoms with Crippen molar-refractivity contribution in [3.63, 3.8) is 0 Å². The van der Waals surface area contributed by atoms with Crippen molar-refractivity contribution in [2.24, 2.45) is 22.7 Å². The molecule has 4 saturated carbocycles. The van der Waals surface area contributed by atoms with Crippen LogP contribution in [-0.2, 0) is 9.59 Å². The fraction of sp³-hybridized carbons (Fsp3) is 0.833. The van der Waals surface area contributed by atoms with Crippen molar-refractivity contribution in [1.82, 2.24) is 0 Å². The Morgan fingerprint density at radius 2 is 1.17 bits per heavy atom. The van der Waals surface area contributed by atoms with Gasteiger partial charge in [0, 0.05) is 22.8 Å². The zero-order valence-electron chi connectivity index (χ0n) is 11.0. The summed E-state index contributed by atoms with van der Waals surface area (Å²) < 4.78 is 0. The fourth-order valence-electron chi connectivity index (χ4n) is 4.74. The normalized spacial score (nSPS) is 43.8. The third kappa shape index (κ3) is 2.33. The first-order valence-electron chi connectivity index (χ1n) is 5.89. The second-order valence-corrected chi connectivity index (χ2v) is 6.10. The number of carboxylic acids is 2. The maximum atomic E-state index is 11.3. The molecule has 0 aromatic heterocycles. The van der Waals surface area contributed by atoms with Gasteiger partial charge in [-0.15, -0.1) is 0 Å². The summed E-state index contributed by atoms with van der Waals surface area (Å²) in [6, 6.07) is 0. The maximum Gasteiger partial charge on any atom is 1.00 e. The predicted molar refractivity (Wildman–Crippen MR) is 49.6 cm³/mol. The molecule has 0 spiro atoms. The van der Waals surface area contributed by atoms with E-state index >= 15 is 0 Å². The summed E-state index contributed by atoms with van der Waals surface area (Å²) in [5, 5.41) is 22.6. The van der Waals surface area contributed by atoms with Gasteiger partial charge in [0.15, 0.2) is 0 Å². The van der Waals surface area contributed by atoms with Crippen LogP contribution in [-0.4, -0.2) is 11.9 Å². The van der Waals surface area contributed by atoms with E-state index in [4.69, 9.17) is 0 Å². The van der Waals surface area contributed by atoms with Gasteiger partial charge in [-0.2, -0.15) is 0 Å². The number of carboxylic acid groups (broad SMARTS) is 2. The topological polar surface area (TPSA) is 80.3 Å². The molecule has 0 saturated heterocycles. The molecule has 0 N–H and O–H groups in total. The summed E-state index contributed by atoms with van der Waals surface area (Å²) in [7, 11) is 0. The van der Waals surface area contributed by atoms with E-state index in [1.807, 2.05) is 0 Å². The van der Waals surface area contributed by atoms with Crippen LogP contribution in [0.4, 0.5) is 0 Å². The molecule has 0 radical (unpaired) electrons. The monoisotopic (exact) mass is 268 g/mol. The van der Waals surface area contributed by atoms with Crippen molar-refractivity contribution in [1.29, 1.82) is 0 Å². The smallest absolute Gasteiger partial charge is 0.550 e. The minimum absolute atomic E-state index is 0. The van der Waals surface area contributed by atoms with Gasteiger partial charge in [0.25, 0.3) is 0 Å². The van der Waals surface area contributed by atoms with Gasteiger partial charge in [-0.3, -0.25) is 0 Å². The van der Waals surface area contributed by atoms with Crippen LogP contribution in [0.5, 0.6) is 0 Å². The standard InChI is InChI=1S/C12H16O4.2Na/c13-9(14)11-2-7-1-8(4-11)5-12(3-7,6-11)10(15)16;;/h7-8H,1-6H2,(H,13,14)(H,15,16);;/q;2*+1/p-2. The summed E-state index contributed by atoms with van der Waals surface area (Å²) in [6.45, 7) is 0. The Morgan fingerprint density at radius 3 is 1.44 bits per heavy atom. The molecule has 4 nitrogen and oxygen atoms in total. The van der Waals surface area contributed by atoms with E-state index < -0.39 is 22.8 Å². The average Bonchev–Trinajstić information content (AvgIpc) is 2.14. The van der Waals surface area contributed by atoms with Gasteiger partial charge in [0.1, 0.15) is 0 Å². The van der Waals surface area contributed by atoms with Crippen molar-refractivity contribution in [3.8, 4) is 0 Å². The molecular weight excluding hydrogens is 254 g/mol. The predicted octanol–water partition coefficient (Wildman–Crippen LogP) is -6.92. The van der Waals surface area contributed by atoms with Crippen LogP contribution in [0, 0.1) is 22.7 Å². The van der Waals surface area contributed by atoms with Gasteiger partial charge < -0.3 is 19.8 Å². The summed E-state index contributed by atoms with van der Waals surface area (Å²) in [5.74, 6) is -1.60. The Balaban J connectivity index is 0.000000810. The second-order valence-electron chi connectivity index (χ2n) is 6.10. The molecule has 0 unspecified atom stereocenters. The van der Waals surface area contributed by atoms with Crippen molar-refractivity contribution in [2.45, 2.75) is 38.5 Å². The molecule has 88 valence electrons. The van der Waals surface area contributed by atoms with Gasteiger partial charge in [-0.05, 0) is 50.4 Å². The summed E-state index contributed by atoms with van der Waals surface area (Å²) in [6.07, 6.45) is 3.67. The molecule has 0 atom stereocenters. The molecule has 0 aliphatic heterocycles. The molecule has 0 aromatic carbocycles. The number of rotatable bonds is 2. The molecule has 4 bridgehead atoms. The first kappa shape index (κ1) is 17.0. The SMILES string of the molecule is O=C([O-])C12CC3CC(C1)CC(C(=O)[O-])(C3)C2.[Na+].[Na+]. The van der Waals surface area contributed by atoms with E-state index in [2.05, 4.69) is 0 Å². The minimum Gasteiger partial charge on any atom is -0.550 e. The Kier molecular flexibility index (Phi) is 5.08. The molecule has 0 heterocycles. The first-order valence-corrected chi connectivity index (χ1v) is 5.89. The molecule has 4 rings (SSSR count). The number of aliphatic carboxylic acids is 2. The molecule has 4 aliphatic carbocycles. The third-order valence-corrected chi connectivity index (χ3v) is 4.93. The van der Waals surface area contributed by atoms with Crippen LogP contribution in [0.1, 0.15) is 38.5 Å². The van der Waals surface area contributed by atoms with Gasteiger partial charge in [-0.25, -0.2) is 0 Å². The summed E-state index contributed by atoms with van der Waals surface area (Å²) in [4.78, 5) is 22.6. The van der Waals surface area contributed by atoms with Crippen LogP contribution in [0.25, 0.3) is 0 Å². The van der Waals surface area contributed by atoms with Gasteiger partial charge >= 0.3 is 59.1 Å². The Labute approximate surface area is 150 Å². The number of carbonyl (C=O) groups excluding carboxylic acids is 2. The van der Waals surface area contributed by atoms with Crippen molar-refractivity contribution in [2.75, 3.05) is 0 Å². The molecule has 0 aromatic rings. The maximum absolute atomic E-state index is 11.3. The first-order chi connectivity index (χ1) is 7.46. The molecular formula is C12H14Na2O4. The van der Waals surface area contributed by atoms with Gasteiger partial charge in [0.05, 0.1) is 0 Å². The molecule has 4 fully saturated rings. The molecule has 4 aliphatic rings. The quantitative estimate of drug-likeness (QED) is 0.466. The molecule has 6 heteroatoms. The summed E-state index contributed by atoms with van der Waals surface area (Å²) >= 11 is 0. The van der Waals surface area contributed by atoms with Crippen LogP contribution in [0.3, 0.4) is 0 Å². The van der Waals surface area contributed by atoms with Crippen molar-refractivity contribution >= 4 is 11.9 Å². The Hall–Kier alpha value is 0.940. The van der Waals surface area contributed by atoms with Crippen LogP contribution < -0.4 is 69.3 Å². The zero-order chi connectivity index (χ0) is 11.6. The molecule has 0 amide bonds. The number of carbonyl (C=O) groups is 2. The average molecular weight is 268 g/mol. The molecule has 18 heavy (non-hydrogen) atoms. The van der Waals surface area contributed by atoms with Gasteiger partial charge in [0.2, 0.25) is 0 Å². The summed E-state index contributed by atoms with van der Waals surface area (Å²) in [5.41, 5.74) is -1.74. The minimum atomic E-state index is -1.05.